The van der Waals surface area contributed by atoms with Gasteiger partial charge in [0.1, 0.15) is 0 Å². The van der Waals surface area contributed by atoms with Crippen LogP contribution in [0.1, 0.15) is 36.6 Å². The summed E-state index contributed by atoms with van der Waals surface area (Å²) in [6.07, 6.45) is 4.70. The molecular weight excluding hydrogens is 228 g/mol. The number of benzene rings is 1. The van der Waals surface area contributed by atoms with E-state index in [0.717, 1.165) is 22.1 Å². The highest BCUT2D eigenvalue weighted by atomic mass is 32.1. The van der Waals surface area contributed by atoms with Crippen LogP contribution in [0.3, 0.4) is 0 Å². The SMILES string of the molecule is CCCCCc1sc2ccccc2c(=O)c1C. The van der Waals surface area contributed by atoms with E-state index in [2.05, 4.69) is 6.92 Å². The molecule has 0 aliphatic rings. The van der Waals surface area contributed by atoms with Crippen molar-refractivity contribution in [2.75, 3.05) is 0 Å². The second-order valence-electron chi connectivity index (χ2n) is 4.43. The summed E-state index contributed by atoms with van der Waals surface area (Å²) in [6, 6.07) is 7.91. The standard InChI is InChI=1S/C15H18OS/c1-3-4-5-9-13-11(2)15(16)12-8-6-7-10-14(12)17-13/h6-8,10H,3-5,9H2,1-2H3. The fraction of sp³-hybridized carbons (Fsp3) is 0.400. The summed E-state index contributed by atoms with van der Waals surface area (Å²) < 4.78 is 1.12. The number of rotatable bonds is 4. The average molecular weight is 246 g/mol. The number of fused-ring (bicyclic) bond motifs is 1. The van der Waals surface area contributed by atoms with E-state index in [0.29, 0.717) is 0 Å². The second kappa shape index (κ2) is 5.46. The van der Waals surface area contributed by atoms with E-state index in [9.17, 15) is 4.79 Å². The van der Waals surface area contributed by atoms with Crippen molar-refractivity contribution in [2.45, 2.75) is 39.5 Å². The van der Waals surface area contributed by atoms with Crippen molar-refractivity contribution in [3.63, 3.8) is 0 Å². The molecule has 1 aromatic heterocycles. The maximum Gasteiger partial charge on any atom is 0.191 e. The van der Waals surface area contributed by atoms with Crippen LogP contribution in [-0.4, -0.2) is 0 Å². The smallest absolute Gasteiger partial charge is 0.191 e. The third-order valence-corrected chi connectivity index (χ3v) is 4.46. The third-order valence-electron chi connectivity index (χ3n) is 3.13. The van der Waals surface area contributed by atoms with Gasteiger partial charge in [-0.3, -0.25) is 4.79 Å². The first kappa shape index (κ1) is 12.3. The third kappa shape index (κ3) is 2.58. The summed E-state index contributed by atoms with van der Waals surface area (Å²) in [5.41, 5.74) is 1.16. The average Bonchev–Trinajstić information content (AvgIpc) is 2.35. The van der Waals surface area contributed by atoms with Gasteiger partial charge in [-0.25, -0.2) is 0 Å². The molecule has 0 saturated heterocycles. The van der Waals surface area contributed by atoms with Crippen molar-refractivity contribution < 1.29 is 0 Å². The molecule has 1 heterocycles. The Morgan fingerprint density at radius 2 is 1.94 bits per heavy atom. The molecule has 2 heteroatoms. The number of unbranched alkanes of at least 4 members (excludes halogenated alkanes) is 2. The molecule has 0 aliphatic carbocycles. The number of hydrogen-bond acceptors (Lipinski definition) is 2. The minimum atomic E-state index is 0.214. The molecule has 0 fully saturated rings. The molecule has 0 amide bonds. The van der Waals surface area contributed by atoms with Gasteiger partial charge in [-0.15, -0.1) is 11.3 Å². The minimum Gasteiger partial charge on any atom is -0.289 e. The van der Waals surface area contributed by atoms with Crippen molar-refractivity contribution in [3.05, 3.63) is 44.9 Å². The van der Waals surface area contributed by atoms with E-state index < -0.39 is 0 Å². The van der Waals surface area contributed by atoms with E-state index in [1.54, 1.807) is 11.3 Å². The van der Waals surface area contributed by atoms with E-state index in [4.69, 9.17) is 0 Å². The fourth-order valence-corrected chi connectivity index (χ4v) is 3.23. The van der Waals surface area contributed by atoms with E-state index >= 15 is 0 Å². The summed E-state index contributed by atoms with van der Waals surface area (Å²) in [5, 5.41) is 0.870. The molecular formula is C15H18OS. The van der Waals surface area contributed by atoms with Gasteiger partial charge in [-0.2, -0.15) is 0 Å². The van der Waals surface area contributed by atoms with Crippen molar-refractivity contribution in [1.29, 1.82) is 0 Å². The van der Waals surface area contributed by atoms with Crippen molar-refractivity contribution in [2.24, 2.45) is 0 Å². The Balaban J connectivity index is 2.43. The molecule has 0 bridgehead atoms. The predicted molar refractivity (Wildman–Crippen MR) is 76.1 cm³/mol. The van der Waals surface area contributed by atoms with Gasteiger partial charge < -0.3 is 0 Å². The maximum absolute atomic E-state index is 12.2. The van der Waals surface area contributed by atoms with Crippen LogP contribution in [-0.2, 0) is 6.42 Å². The van der Waals surface area contributed by atoms with Crippen molar-refractivity contribution in [1.82, 2.24) is 0 Å². The van der Waals surface area contributed by atoms with Crippen LogP contribution in [0.5, 0.6) is 0 Å². The van der Waals surface area contributed by atoms with Gasteiger partial charge in [-0.05, 0) is 31.9 Å². The summed E-state index contributed by atoms with van der Waals surface area (Å²) in [7, 11) is 0. The van der Waals surface area contributed by atoms with Crippen molar-refractivity contribution >= 4 is 21.4 Å². The topological polar surface area (TPSA) is 17.1 Å². The van der Waals surface area contributed by atoms with Crippen LogP contribution in [0, 0.1) is 6.92 Å². The number of hydrogen-bond donors (Lipinski definition) is 0. The van der Waals surface area contributed by atoms with Crippen LogP contribution in [0.2, 0.25) is 0 Å². The first-order valence-electron chi connectivity index (χ1n) is 6.25. The predicted octanol–water partition coefficient (Wildman–Crippen LogP) is 4.30. The highest BCUT2D eigenvalue weighted by molar-refractivity contribution is 7.18. The summed E-state index contributed by atoms with van der Waals surface area (Å²) in [6.45, 7) is 4.17. The Morgan fingerprint density at radius 3 is 2.71 bits per heavy atom. The van der Waals surface area contributed by atoms with Crippen LogP contribution >= 0.6 is 11.3 Å². The molecule has 0 aliphatic heterocycles. The first-order valence-corrected chi connectivity index (χ1v) is 7.07. The molecule has 0 N–H and O–H groups in total. The normalized spacial score (nSPS) is 10.9. The van der Waals surface area contributed by atoms with Gasteiger partial charge in [0.05, 0.1) is 0 Å². The van der Waals surface area contributed by atoms with E-state index in [1.165, 1.54) is 24.1 Å². The molecule has 2 rings (SSSR count). The molecule has 0 spiro atoms. The summed E-state index contributed by atoms with van der Waals surface area (Å²) in [5.74, 6) is 0. The van der Waals surface area contributed by atoms with Crippen LogP contribution in [0.4, 0.5) is 0 Å². The lowest BCUT2D eigenvalue weighted by Crippen LogP contribution is -2.07. The lowest BCUT2D eigenvalue weighted by Gasteiger charge is -2.06. The van der Waals surface area contributed by atoms with Gasteiger partial charge in [0.25, 0.3) is 0 Å². The molecule has 2 aromatic rings. The highest BCUT2D eigenvalue weighted by Gasteiger charge is 2.07. The quantitative estimate of drug-likeness (QED) is 0.735. The van der Waals surface area contributed by atoms with Crippen LogP contribution < -0.4 is 5.43 Å². The molecule has 0 unspecified atom stereocenters. The lowest BCUT2D eigenvalue weighted by molar-refractivity contribution is 0.720. The Morgan fingerprint density at radius 1 is 1.18 bits per heavy atom. The van der Waals surface area contributed by atoms with Crippen LogP contribution in [0.15, 0.2) is 29.1 Å². The zero-order valence-corrected chi connectivity index (χ0v) is 11.3. The zero-order chi connectivity index (χ0) is 12.3. The van der Waals surface area contributed by atoms with Gasteiger partial charge >= 0.3 is 0 Å². The Kier molecular flexibility index (Phi) is 3.95. The molecule has 90 valence electrons. The van der Waals surface area contributed by atoms with Gasteiger partial charge in [0.15, 0.2) is 5.43 Å². The van der Waals surface area contributed by atoms with Gasteiger partial charge in [0, 0.05) is 20.5 Å². The summed E-state index contributed by atoms with van der Waals surface area (Å²) in [4.78, 5) is 13.5. The van der Waals surface area contributed by atoms with E-state index in [1.807, 2.05) is 31.2 Å². The number of aryl methyl sites for hydroxylation is 1. The molecule has 1 nitrogen and oxygen atoms in total. The largest absolute Gasteiger partial charge is 0.289 e. The molecule has 0 atom stereocenters. The Bertz CT molecular complexity index is 569. The highest BCUT2D eigenvalue weighted by Crippen LogP contribution is 2.23. The molecule has 17 heavy (non-hydrogen) atoms. The van der Waals surface area contributed by atoms with Crippen molar-refractivity contribution in [3.8, 4) is 0 Å². The van der Waals surface area contributed by atoms with E-state index in [-0.39, 0.29) is 5.43 Å². The molecule has 1 aromatic carbocycles. The first-order chi connectivity index (χ1) is 8.24. The second-order valence-corrected chi connectivity index (χ2v) is 5.57. The monoisotopic (exact) mass is 246 g/mol. The maximum atomic E-state index is 12.2. The summed E-state index contributed by atoms with van der Waals surface area (Å²) >= 11 is 1.78. The van der Waals surface area contributed by atoms with Gasteiger partial charge in [0.2, 0.25) is 0 Å². The minimum absolute atomic E-state index is 0.214. The molecule has 0 saturated carbocycles. The molecule has 0 radical (unpaired) electrons. The van der Waals surface area contributed by atoms with Gasteiger partial charge in [-0.1, -0.05) is 31.9 Å². The zero-order valence-electron chi connectivity index (χ0n) is 10.5. The Labute approximate surface area is 106 Å². The van der Waals surface area contributed by atoms with Crippen LogP contribution in [0.25, 0.3) is 10.1 Å². The Hall–Kier alpha value is -1.15. The lowest BCUT2D eigenvalue weighted by atomic mass is 10.1. The fourth-order valence-electron chi connectivity index (χ4n) is 2.06.